The lowest BCUT2D eigenvalue weighted by molar-refractivity contribution is 0.0712. The number of rotatable bonds is 4. The molecule has 2 aliphatic rings. The number of benzene rings is 1. The normalized spacial score (nSPS) is 17.5. The number of aryl methyl sites for hydroxylation is 1. The SMILES string of the molecule is Cc1cc(N(C2CC2)C2CCN(C(=O)c3ccc4ncccc4c3)CC2)ncn1. The molecule has 1 aromatic carbocycles. The van der Waals surface area contributed by atoms with Crippen LogP contribution in [0, 0.1) is 6.92 Å². The number of fused-ring (bicyclic) bond motifs is 1. The summed E-state index contributed by atoms with van der Waals surface area (Å²) in [4.78, 5) is 30.6. The predicted molar refractivity (Wildman–Crippen MR) is 113 cm³/mol. The second kappa shape index (κ2) is 7.43. The summed E-state index contributed by atoms with van der Waals surface area (Å²) < 4.78 is 0. The number of piperidine rings is 1. The van der Waals surface area contributed by atoms with Gasteiger partial charge in [0.2, 0.25) is 0 Å². The highest BCUT2D eigenvalue weighted by atomic mass is 16.2. The summed E-state index contributed by atoms with van der Waals surface area (Å²) in [6.45, 7) is 3.57. The van der Waals surface area contributed by atoms with Crippen LogP contribution in [-0.2, 0) is 0 Å². The molecule has 6 heteroatoms. The Bertz CT molecular complexity index is 1040. The van der Waals surface area contributed by atoms with Crippen LogP contribution in [0.2, 0.25) is 0 Å². The van der Waals surface area contributed by atoms with Gasteiger partial charge in [-0.05, 0) is 56.9 Å². The first-order chi connectivity index (χ1) is 14.2. The number of pyridine rings is 1. The Morgan fingerprint density at radius 1 is 1.00 bits per heavy atom. The lowest BCUT2D eigenvalue weighted by Gasteiger charge is -2.39. The molecule has 3 heterocycles. The van der Waals surface area contributed by atoms with Crippen molar-refractivity contribution in [3.63, 3.8) is 0 Å². The lowest BCUT2D eigenvalue weighted by Crippen LogP contribution is -2.48. The van der Waals surface area contributed by atoms with Gasteiger partial charge in [-0.1, -0.05) is 6.07 Å². The summed E-state index contributed by atoms with van der Waals surface area (Å²) in [5, 5.41) is 1.01. The molecule has 0 atom stereocenters. The van der Waals surface area contributed by atoms with Crippen LogP contribution in [0.15, 0.2) is 48.9 Å². The van der Waals surface area contributed by atoms with Crippen molar-refractivity contribution in [2.75, 3.05) is 18.0 Å². The van der Waals surface area contributed by atoms with Crippen LogP contribution < -0.4 is 4.90 Å². The van der Waals surface area contributed by atoms with E-state index in [0.717, 1.165) is 53.9 Å². The molecule has 1 saturated heterocycles. The zero-order chi connectivity index (χ0) is 19.8. The van der Waals surface area contributed by atoms with Gasteiger partial charge in [0.1, 0.15) is 12.1 Å². The standard InChI is InChI=1S/C23H25N5O/c1-16-13-22(26-15-25-16)28(19-5-6-19)20-8-11-27(12-9-20)23(29)18-4-7-21-17(14-18)3-2-10-24-21/h2-4,7,10,13-15,19-20H,5-6,8-9,11-12H2,1H3. The molecule has 2 aromatic heterocycles. The maximum absolute atomic E-state index is 13.1. The number of amides is 1. The maximum atomic E-state index is 13.1. The molecule has 1 aliphatic heterocycles. The van der Waals surface area contributed by atoms with Crippen molar-refractivity contribution < 1.29 is 4.79 Å². The van der Waals surface area contributed by atoms with E-state index in [2.05, 4.69) is 25.9 Å². The third-order valence-corrected chi connectivity index (χ3v) is 5.99. The Balaban J connectivity index is 1.29. The first kappa shape index (κ1) is 18.0. The van der Waals surface area contributed by atoms with Crippen molar-refractivity contribution in [2.45, 2.75) is 44.7 Å². The van der Waals surface area contributed by atoms with Gasteiger partial charge in [0.25, 0.3) is 5.91 Å². The van der Waals surface area contributed by atoms with Gasteiger partial charge in [-0.3, -0.25) is 9.78 Å². The van der Waals surface area contributed by atoms with Gasteiger partial charge in [0.15, 0.2) is 0 Å². The Morgan fingerprint density at radius 3 is 2.55 bits per heavy atom. The van der Waals surface area contributed by atoms with E-state index in [-0.39, 0.29) is 5.91 Å². The highest BCUT2D eigenvalue weighted by Crippen LogP contribution is 2.35. The molecule has 3 aromatic rings. The maximum Gasteiger partial charge on any atom is 0.253 e. The molecule has 0 N–H and O–H groups in total. The number of carbonyl (C=O) groups is 1. The van der Waals surface area contributed by atoms with Crippen molar-refractivity contribution in [1.29, 1.82) is 0 Å². The Labute approximate surface area is 170 Å². The second-order valence-electron chi connectivity index (χ2n) is 8.09. The summed E-state index contributed by atoms with van der Waals surface area (Å²) in [7, 11) is 0. The van der Waals surface area contributed by atoms with Gasteiger partial charge >= 0.3 is 0 Å². The van der Waals surface area contributed by atoms with Gasteiger partial charge in [-0.15, -0.1) is 0 Å². The Hall–Kier alpha value is -3.02. The van der Waals surface area contributed by atoms with Crippen molar-refractivity contribution in [2.24, 2.45) is 0 Å². The summed E-state index contributed by atoms with van der Waals surface area (Å²) in [5.41, 5.74) is 2.66. The zero-order valence-corrected chi connectivity index (χ0v) is 16.7. The summed E-state index contributed by atoms with van der Waals surface area (Å²) in [6, 6.07) is 12.8. The topological polar surface area (TPSA) is 62.2 Å². The van der Waals surface area contributed by atoms with E-state index in [1.807, 2.05) is 42.2 Å². The van der Waals surface area contributed by atoms with E-state index in [4.69, 9.17) is 0 Å². The highest BCUT2D eigenvalue weighted by Gasteiger charge is 2.37. The van der Waals surface area contributed by atoms with E-state index in [1.165, 1.54) is 12.8 Å². The van der Waals surface area contributed by atoms with Crippen LogP contribution >= 0.6 is 0 Å². The largest absolute Gasteiger partial charge is 0.350 e. The zero-order valence-electron chi connectivity index (χ0n) is 16.7. The summed E-state index contributed by atoms with van der Waals surface area (Å²) in [6.07, 6.45) is 7.84. The molecule has 0 unspecified atom stereocenters. The van der Waals surface area contributed by atoms with Crippen LogP contribution in [0.25, 0.3) is 10.9 Å². The lowest BCUT2D eigenvalue weighted by atomic mass is 10.0. The summed E-state index contributed by atoms with van der Waals surface area (Å²) in [5.74, 6) is 1.15. The van der Waals surface area contributed by atoms with Crippen molar-refractivity contribution in [3.05, 3.63) is 60.2 Å². The number of likely N-dealkylation sites (tertiary alicyclic amines) is 1. The number of aromatic nitrogens is 3. The van der Waals surface area contributed by atoms with Gasteiger partial charge in [-0.2, -0.15) is 0 Å². The van der Waals surface area contributed by atoms with Crippen LogP contribution in [0.4, 0.5) is 5.82 Å². The minimum Gasteiger partial charge on any atom is -0.350 e. The first-order valence-corrected chi connectivity index (χ1v) is 10.4. The van der Waals surface area contributed by atoms with Gasteiger partial charge in [0, 0.05) is 54.1 Å². The fourth-order valence-electron chi connectivity index (χ4n) is 4.34. The Morgan fingerprint density at radius 2 is 1.79 bits per heavy atom. The predicted octanol–water partition coefficient (Wildman–Crippen LogP) is 3.61. The van der Waals surface area contributed by atoms with Crippen molar-refractivity contribution in [3.8, 4) is 0 Å². The van der Waals surface area contributed by atoms with E-state index >= 15 is 0 Å². The van der Waals surface area contributed by atoms with Gasteiger partial charge in [0.05, 0.1) is 5.52 Å². The quantitative estimate of drug-likeness (QED) is 0.684. The number of nitrogens with zero attached hydrogens (tertiary/aromatic N) is 5. The van der Waals surface area contributed by atoms with Gasteiger partial charge < -0.3 is 9.80 Å². The number of carbonyl (C=O) groups excluding carboxylic acids is 1. The molecule has 2 fully saturated rings. The van der Waals surface area contributed by atoms with E-state index < -0.39 is 0 Å². The molecule has 0 radical (unpaired) electrons. The number of hydrogen-bond donors (Lipinski definition) is 0. The molecule has 29 heavy (non-hydrogen) atoms. The minimum atomic E-state index is 0.116. The smallest absolute Gasteiger partial charge is 0.253 e. The molecule has 1 amide bonds. The van der Waals surface area contributed by atoms with Crippen LogP contribution in [0.3, 0.4) is 0 Å². The molecule has 148 valence electrons. The average Bonchev–Trinajstić information content (AvgIpc) is 3.59. The van der Waals surface area contributed by atoms with Crippen LogP contribution in [0.5, 0.6) is 0 Å². The van der Waals surface area contributed by atoms with E-state index in [1.54, 1.807) is 12.5 Å². The molecule has 6 nitrogen and oxygen atoms in total. The molecule has 0 bridgehead atoms. The average molecular weight is 387 g/mol. The van der Waals surface area contributed by atoms with Crippen LogP contribution in [0.1, 0.15) is 41.7 Å². The monoisotopic (exact) mass is 387 g/mol. The first-order valence-electron chi connectivity index (χ1n) is 10.4. The number of anilines is 1. The molecule has 5 rings (SSSR count). The third kappa shape index (κ3) is 3.67. The summed E-state index contributed by atoms with van der Waals surface area (Å²) >= 11 is 0. The van der Waals surface area contributed by atoms with Crippen LogP contribution in [-0.4, -0.2) is 50.9 Å². The molecular formula is C23H25N5O. The van der Waals surface area contributed by atoms with Crippen molar-refractivity contribution in [1.82, 2.24) is 19.9 Å². The van der Waals surface area contributed by atoms with Gasteiger partial charge in [-0.25, -0.2) is 9.97 Å². The fourth-order valence-corrected chi connectivity index (χ4v) is 4.34. The minimum absolute atomic E-state index is 0.116. The third-order valence-electron chi connectivity index (χ3n) is 5.99. The molecular weight excluding hydrogens is 362 g/mol. The molecule has 0 spiro atoms. The Kier molecular flexibility index (Phi) is 4.62. The molecule has 1 saturated carbocycles. The molecule has 1 aliphatic carbocycles. The second-order valence-corrected chi connectivity index (χ2v) is 8.09. The van der Waals surface area contributed by atoms with E-state index in [9.17, 15) is 4.79 Å². The highest BCUT2D eigenvalue weighted by molar-refractivity contribution is 5.98. The van der Waals surface area contributed by atoms with E-state index in [0.29, 0.717) is 12.1 Å². The fraction of sp³-hybridized carbons (Fsp3) is 0.391. The number of hydrogen-bond acceptors (Lipinski definition) is 5. The van der Waals surface area contributed by atoms with Crippen molar-refractivity contribution >= 4 is 22.6 Å².